The van der Waals surface area contributed by atoms with Crippen molar-refractivity contribution in [2.45, 2.75) is 32.7 Å². The van der Waals surface area contributed by atoms with Crippen LogP contribution in [0.1, 0.15) is 25.3 Å². The van der Waals surface area contributed by atoms with Gasteiger partial charge in [0.2, 0.25) is 5.24 Å². The normalized spacial score (nSPS) is 10.6. The molecule has 0 aliphatic heterocycles. The van der Waals surface area contributed by atoms with Gasteiger partial charge in [-0.2, -0.15) is 5.10 Å². The van der Waals surface area contributed by atoms with Crippen molar-refractivity contribution < 1.29 is 4.79 Å². The Hall–Kier alpha value is -1.94. The van der Waals surface area contributed by atoms with Gasteiger partial charge in [0, 0.05) is 24.1 Å². The summed E-state index contributed by atoms with van der Waals surface area (Å²) < 4.78 is 1.47. The zero-order chi connectivity index (χ0) is 15.2. The van der Waals surface area contributed by atoms with Crippen LogP contribution in [0, 0.1) is 0 Å². The van der Waals surface area contributed by atoms with Crippen LogP contribution in [-0.2, 0) is 17.8 Å². The average Bonchev–Trinajstić information content (AvgIpc) is 2.49. The number of aromatic nitrogens is 2. The number of benzene rings is 1. The summed E-state index contributed by atoms with van der Waals surface area (Å²) in [6.45, 7) is 2.55. The van der Waals surface area contributed by atoms with Gasteiger partial charge in [-0.1, -0.05) is 37.3 Å². The first-order valence-corrected chi connectivity index (χ1v) is 7.34. The van der Waals surface area contributed by atoms with Crippen LogP contribution in [0.4, 0.5) is 0 Å². The number of nitrogens with zero attached hydrogens (tertiary/aromatic N) is 2. The summed E-state index contributed by atoms with van der Waals surface area (Å²) in [4.78, 5) is 23.2. The van der Waals surface area contributed by atoms with Gasteiger partial charge < -0.3 is 0 Å². The van der Waals surface area contributed by atoms with Gasteiger partial charge in [0.1, 0.15) is 0 Å². The molecule has 2 rings (SSSR count). The third kappa shape index (κ3) is 4.02. The van der Waals surface area contributed by atoms with E-state index >= 15 is 0 Å². The van der Waals surface area contributed by atoms with Gasteiger partial charge in [0.25, 0.3) is 5.56 Å². The summed E-state index contributed by atoms with van der Waals surface area (Å²) in [5.41, 5.74) is 2.11. The molecule has 0 saturated carbocycles. The molecule has 0 bridgehead atoms. The van der Waals surface area contributed by atoms with E-state index in [4.69, 9.17) is 11.6 Å². The topological polar surface area (TPSA) is 52.0 Å². The fourth-order valence-electron chi connectivity index (χ4n) is 2.12. The maximum absolute atomic E-state index is 12.3. The smallest absolute Gasteiger partial charge is 0.269 e. The Labute approximate surface area is 128 Å². The second-order valence-corrected chi connectivity index (χ2v) is 5.23. The molecule has 0 spiro atoms. The zero-order valence-corrected chi connectivity index (χ0v) is 12.6. The molecule has 4 nitrogen and oxygen atoms in total. The van der Waals surface area contributed by atoms with Crippen LogP contribution in [0.25, 0.3) is 11.3 Å². The minimum atomic E-state index is -0.436. The summed E-state index contributed by atoms with van der Waals surface area (Å²) in [6.07, 6.45) is 1.31. The quantitative estimate of drug-likeness (QED) is 0.771. The van der Waals surface area contributed by atoms with E-state index in [2.05, 4.69) is 5.10 Å². The molecule has 1 aromatic heterocycles. The number of carbonyl (C=O) groups is 1. The molecule has 0 fully saturated rings. The Balaban J connectivity index is 2.46. The molecule has 5 heteroatoms. The van der Waals surface area contributed by atoms with Crippen LogP contribution in [0.15, 0.2) is 41.2 Å². The number of carbonyl (C=O) groups excluding carboxylic acids is 1. The Morgan fingerprint density at radius 1 is 1.29 bits per heavy atom. The Morgan fingerprint density at radius 2 is 2.00 bits per heavy atom. The molecule has 1 heterocycles. The lowest BCUT2D eigenvalue weighted by Crippen LogP contribution is -2.27. The first kappa shape index (κ1) is 15.4. The van der Waals surface area contributed by atoms with Crippen LogP contribution in [0.3, 0.4) is 0 Å². The number of hydrogen-bond acceptors (Lipinski definition) is 3. The lowest BCUT2D eigenvalue weighted by molar-refractivity contribution is -0.111. The van der Waals surface area contributed by atoms with E-state index in [0.717, 1.165) is 17.7 Å². The molecule has 0 aliphatic rings. The van der Waals surface area contributed by atoms with Crippen LogP contribution in [0.5, 0.6) is 0 Å². The molecule has 0 N–H and O–H groups in total. The average molecular weight is 305 g/mol. The summed E-state index contributed by atoms with van der Waals surface area (Å²) >= 11 is 5.37. The van der Waals surface area contributed by atoms with E-state index < -0.39 is 5.24 Å². The second kappa shape index (κ2) is 7.18. The molecule has 0 saturated heterocycles. The van der Waals surface area contributed by atoms with Gasteiger partial charge in [0.15, 0.2) is 0 Å². The van der Waals surface area contributed by atoms with Gasteiger partial charge in [-0.15, -0.1) is 0 Å². The van der Waals surface area contributed by atoms with Crippen molar-refractivity contribution in [2.24, 2.45) is 0 Å². The highest BCUT2D eigenvalue weighted by Gasteiger charge is 2.10. The highest BCUT2D eigenvalue weighted by atomic mass is 35.5. The van der Waals surface area contributed by atoms with Crippen molar-refractivity contribution in [1.29, 1.82) is 0 Å². The highest BCUT2D eigenvalue weighted by Crippen LogP contribution is 2.16. The van der Waals surface area contributed by atoms with Crippen molar-refractivity contribution in [3.05, 3.63) is 52.3 Å². The molecule has 2 aromatic rings. The molecule has 0 radical (unpaired) electrons. The zero-order valence-electron chi connectivity index (χ0n) is 11.9. The van der Waals surface area contributed by atoms with Gasteiger partial charge in [-0.05, 0) is 30.5 Å². The fraction of sp³-hybridized carbons (Fsp3) is 0.312. The minimum Gasteiger partial charge on any atom is -0.281 e. The molecule has 0 atom stereocenters. The lowest BCUT2D eigenvalue weighted by Gasteiger charge is -2.09. The van der Waals surface area contributed by atoms with Crippen molar-refractivity contribution in [3.63, 3.8) is 0 Å². The van der Waals surface area contributed by atoms with E-state index in [9.17, 15) is 9.59 Å². The second-order valence-electron chi connectivity index (χ2n) is 4.80. The predicted molar refractivity (Wildman–Crippen MR) is 83.4 cm³/mol. The Morgan fingerprint density at radius 3 is 2.62 bits per heavy atom. The van der Waals surface area contributed by atoms with Crippen molar-refractivity contribution in [1.82, 2.24) is 9.78 Å². The van der Waals surface area contributed by atoms with Crippen LogP contribution in [-0.4, -0.2) is 15.0 Å². The van der Waals surface area contributed by atoms with E-state index in [1.807, 2.05) is 37.3 Å². The lowest BCUT2D eigenvalue weighted by atomic mass is 10.1. The summed E-state index contributed by atoms with van der Waals surface area (Å²) in [7, 11) is 0. The maximum atomic E-state index is 12.3. The van der Waals surface area contributed by atoms with E-state index in [-0.39, 0.29) is 12.0 Å². The third-order valence-corrected chi connectivity index (χ3v) is 3.33. The standard InChI is InChI=1S/C16H17ClN2O2/c1-2-10-19-16(21)13(8-9-15(17)20)11-14(18-19)12-6-4-3-5-7-12/h3-7,11H,2,8-10H2,1H3. The number of rotatable bonds is 6. The summed E-state index contributed by atoms with van der Waals surface area (Å²) in [6, 6.07) is 11.4. The van der Waals surface area contributed by atoms with Gasteiger partial charge in [-0.25, -0.2) is 4.68 Å². The first-order chi connectivity index (χ1) is 10.1. The molecule has 0 aliphatic carbocycles. The SMILES string of the molecule is CCCn1nc(-c2ccccc2)cc(CCC(=O)Cl)c1=O. The van der Waals surface area contributed by atoms with E-state index in [0.29, 0.717) is 18.5 Å². The Bertz CT molecular complexity index is 680. The van der Waals surface area contributed by atoms with Crippen molar-refractivity contribution in [2.75, 3.05) is 0 Å². The summed E-state index contributed by atoms with van der Waals surface area (Å²) in [5, 5.41) is 3.97. The molecule has 1 aromatic carbocycles. The summed E-state index contributed by atoms with van der Waals surface area (Å²) in [5.74, 6) is 0. The molecule has 0 amide bonds. The minimum absolute atomic E-state index is 0.144. The van der Waals surface area contributed by atoms with Crippen LogP contribution >= 0.6 is 11.6 Å². The van der Waals surface area contributed by atoms with Gasteiger partial charge >= 0.3 is 0 Å². The first-order valence-electron chi connectivity index (χ1n) is 6.96. The van der Waals surface area contributed by atoms with Gasteiger partial charge in [-0.3, -0.25) is 9.59 Å². The Kier molecular flexibility index (Phi) is 5.28. The van der Waals surface area contributed by atoms with Crippen molar-refractivity contribution >= 4 is 16.8 Å². The molecular formula is C16H17ClN2O2. The maximum Gasteiger partial charge on any atom is 0.269 e. The monoisotopic (exact) mass is 304 g/mol. The highest BCUT2D eigenvalue weighted by molar-refractivity contribution is 6.63. The number of hydrogen-bond donors (Lipinski definition) is 0. The van der Waals surface area contributed by atoms with Crippen LogP contribution < -0.4 is 5.56 Å². The molecule has 110 valence electrons. The number of halogens is 1. The largest absolute Gasteiger partial charge is 0.281 e. The third-order valence-electron chi connectivity index (χ3n) is 3.14. The van der Waals surface area contributed by atoms with Crippen LogP contribution in [0.2, 0.25) is 0 Å². The number of aryl methyl sites for hydroxylation is 2. The van der Waals surface area contributed by atoms with Crippen molar-refractivity contribution in [3.8, 4) is 11.3 Å². The molecule has 21 heavy (non-hydrogen) atoms. The van der Waals surface area contributed by atoms with Gasteiger partial charge in [0.05, 0.1) is 5.69 Å². The predicted octanol–water partition coefficient (Wildman–Crippen LogP) is 3.02. The molecule has 0 unspecified atom stereocenters. The van der Waals surface area contributed by atoms with E-state index in [1.54, 1.807) is 6.07 Å². The van der Waals surface area contributed by atoms with E-state index in [1.165, 1.54) is 4.68 Å². The fourth-order valence-corrected chi connectivity index (χ4v) is 2.22. The molecular weight excluding hydrogens is 288 g/mol.